The number of ether oxygens (including phenoxy) is 1. The van der Waals surface area contributed by atoms with E-state index in [9.17, 15) is 8.42 Å². The molecule has 0 saturated carbocycles. The summed E-state index contributed by atoms with van der Waals surface area (Å²) in [5.41, 5.74) is 2.15. The summed E-state index contributed by atoms with van der Waals surface area (Å²) in [6.07, 6.45) is 0. The Morgan fingerprint density at radius 3 is 2.22 bits per heavy atom. The predicted molar refractivity (Wildman–Crippen MR) is 90.5 cm³/mol. The van der Waals surface area contributed by atoms with E-state index < -0.39 is 10.3 Å². The van der Waals surface area contributed by atoms with Crippen LogP contribution in [0.2, 0.25) is 0 Å². The minimum Gasteiger partial charge on any atom is -0.467 e. The number of aryl methyl sites for hydroxylation is 1. The number of hydrogen-bond donors (Lipinski definition) is 1. The standard InChI is InChI=1S/C7H11N5O3S.C7H8/c1-12(2)6-9-5(8-4-16(13)14)10-7(11-6)15-3;1-7-5-3-2-4-6-7/h4H,1-3H3,(H,8,9,10,11);2-6H,1H3. The van der Waals surface area contributed by atoms with Crippen LogP contribution in [0.3, 0.4) is 0 Å². The molecule has 1 aromatic heterocycles. The number of hydrogen-bond acceptors (Lipinski definition) is 7. The van der Waals surface area contributed by atoms with Crippen molar-refractivity contribution in [2.24, 2.45) is 0 Å². The molecule has 1 aromatic carbocycles. The molecule has 1 heterocycles. The van der Waals surface area contributed by atoms with E-state index in [1.165, 1.54) is 12.7 Å². The third kappa shape index (κ3) is 7.23. The molecule has 124 valence electrons. The maximum absolute atomic E-state index is 10.3. The largest absolute Gasteiger partial charge is 0.467 e. The van der Waals surface area contributed by atoms with Crippen LogP contribution in [0.25, 0.3) is 0 Å². The van der Waals surface area contributed by atoms with E-state index in [4.69, 9.17) is 4.74 Å². The molecule has 0 atom stereocenters. The first-order valence-corrected chi connectivity index (χ1v) is 7.73. The molecule has 0 spiro atoms. The van der Waals surface area contributed by atoms with Gasteiger partial charge >= 0.3 is 6.01 Å². The lowest BCUT2D eigenvalue weighted by Crippen LogP contribution is -2.15. The molecule has 0 aliphatic rings. The Kier molecular flexibility index (Phi) is 7.48. The second-order valence-electron chi connectivity index (χ2n) is 4.52. The Morgan fingerprint density at radius 1 is 1.13 bits per heavy atom. The summed E-state index contributed by atoms with van der Waals surface area (Å²) in [6, 6.07) is 10.4. The van der Waals surface area contributed by atoms with Crippen LogP contribution in [0.15, 0.2) is 30.3 Å². The van der Waals surface area contributed by atoms with Gasteiger partial charge in [0.25, 0.3) is 0 Å². The SMILES string of the molecule is COc1nc(NC=S(=O)=O)nc(N(C)C)n1.Cc1ccccc1. The summed E-state index contributed by atoms with van der Waals surface area (Å²) in [7, 11) is 2.57. The molecule has 0 fully saturated rings. The average molecular weight is 337 g/mol. The summed E-state index contributed by atoms with van der Waals surface area (Å²) in [4.78, 5) is 13.4. The van der Waals surface area contributed by atoms with Crippen LogP contribution < -0.4 is 15.0 Å². The topological polar surface area (TPSA) is 97.3 Å². The zero-order chi connectivity index (χ0) is 17.2. The minimum atomic E-state index is -2.33. The molecule has 2 aromatic rings. The second-order valence-corrected chi connectivity index (χ2v) is 5.27. The summed E-state index contributed by atoms with van der Waals surface area (Å²) in [6.45, 7) is 2.08. The Labute approximate surface area is 136 Å². The predicted octanol–water partition coefficient (Wildman–Crippen LogP) is 0.992. The van der Waals surface area contributed by atoms with Gasteiger partial charge in [-0.1, -0.05) is 35.9 Å². The van der Waals surface area contributed by atoms with Crippen molar-refractivity contribution in [3.05, 3.63) is 35.9 Å². The van der Waals surface area contributed by atoms with Crippen molar-refractivity contribution >= 4 is 27.7 Å². The number of aromatic nitrogens is 3. The maximum Gasteiger partial charge on any atom is 0.322 e. The maximum atomic E-state index is 10.3. The van der Waals surface area contributed by atoms with Crippen molar-refractivity contribution in [1.29, 1.82) is 0 Å². The molecule has 0 unspecified atom stereocenters. The molecular weight excluding hydrogens is 318 g/mol. The first-order valence-electron chi connectivity index (χ1n) is 6.59. The van der Waals surface area contributed by atoms with E-state index in [1.807, 2.05) is 18.2 Å². The van der Waals surface area contributed by atoms with Gasteiger partial charge in [-0.2, -0.15) is 23.4 Å². The van der Waals surface area contributed by atoms with Crippen LogP contribution in [-0.2, 0) is 10.3 Å². The number of benzene rings is 1. The molecule has 2 rings (SSSR count). The third-order valence-corrected chi connectivity index (χ3v) is 2.72. The van der Waals surface area contributed by atoms with Gasteiger partial charge in [0.05, 0.1) is 7.11 Å². The fourth-order valence-corrected chi connectivity index (χ4v) is 1.54. The van der Waals surface area contributed by atoms with E-state index in [1.54, 1.807) is 19.0 Å². The zero-order valence-corrected chi connectivity index (χ0v) is 14.2. The van der Waals surface area contributed by atoms with Gasteiger partial charge in [0.15, 0.2) is 0 Å². The van der Waals surface area contributed by atoms with Crippen molar-refractivity contribution in [3.8, 4) is 6.01 Å². The van der Waals surface area contributed by atoms with E-state index in [0.29, 0.717) is 5.95 Å². The Hall–Kier alpha value is -2.68. The van der Waals surface area contributed by atoms with Gasteiger partial charge in [0.2, 0.25) is 22.2 Å². The van der Waals surface area contributed by atoms with Crippen LogP contribution in [-0.4, -0.2) is 50.1 Å². The van der Waals surface area contributed by atoms with Gasteiger partial charge in [-0.3, -0.25) is 0 Å². The highest BCUT2D eigenvalue weighted by Gasteiger charge is 2.07. The molecule has 0 aliphatic heterocycles. The van der Waals surface area contributed by atoms with Gasteiger partial charge in [-0.05, 0) is 6.92 Å². The Bertz CT molecular complexity index is 740. The molecular formula is C14H19N5O3S. The van der Waals surface area contributed by atoms with Gasteiger partial charge in [0.1, 0.15) is 5.49 Å². The third-order valence-electron chi connectivity index (χ3n) is 2.41. The van der Waals surface area contributed by atoms with Gasteiger partial charge < -0.3 is 15.0 Å². The quantitative estimate of drug-likeness (QED) is 0.825. The fourth-order valence-electron chi connectivity index (χ4n) is 1.34. The Balaban J connectivity index is 0.000000313. The van der Waals surface area contributed by atoms with E-state index in [2.05, 4.69) is 39.3 Å². The fraction of sp³-hybridized carbons (Fsp3) is 0.286. The molecule has 8 nitrogen and oxygen atoms in total. The monoisotopic (exact) mass is 337 g/mol. The second kappa shape index (κ2) is 9.36. The summed E-state index contributed by atoms with van der Waals surface area (Å²) in [5.74, 6) is 0.458. The molecule has 9 heteroatoms. The van der Waals surface area contributed by atoms with Gasteiger partial charge in [0, 0.05) is 14.1 Å². The molecule has 0 saturated heterocycles. The van der Waals surface area contributed by atoms with Crippen molar-refractivity contribution in [1.82, 2.24) is 15.0 Å². The molecule has 23 heavy (non-hydrogen) atoms. The molecule has 0 radical (unpaired) electrons. The van der Waals surface area contributed by atoms with Crippen LogP contribution >= 0.6 is 0 Å². The Morgan fingerprint density at radius 2 is 1.78 bits per heavy atom. The van der Waals surface area contributed by atoms with Crippen LogP contribution in [0.5, 0.6) is 6.01 Å². The first kappa shape index (κ1) is 18.4. The highest BCUT2D eigenvalue weighted by Crippen LogP contribution is 2.11. The highest BCUT2D eigenvalue weighted by atomic mass is 32.2. The molecule has 0 aliphatic carbocycles. The summed E-state index contributed by atoms with van der Waals surface area (Å²) >= 11 is 0. The van der Waals surface area contributed by atoms with Crippen molar-refractivity contribution in [3.63, 3.8) is 0 Å². The van der Waals surface area contributed by atoms with Crippen molar-refractivity contribution < 1.29 is 13.2 Å². The van der Waals surface area contributed by atoms with Gasteiger partial charge in [-0.15, -0.1) is 0 Å². The summed E-state index contributed by atoms with van der Waals surface area (Å²) in [5, 5.41) is 2.41. The lowest BCUT2D eigenvalue weighted by atomic mass is 10.2. The lowest BCUT2D eigenvalue weighted by Gasteiger charge is -2.11. The highest BCUT2D eigenvalue weighted by molar-refractivity contribution is 7.71. The molecule has 1 N–H and O–H groups in total. The molecule has 0 amide bonds. The minimum absolute atomic E-state index is 0.0970. The number of anilines is 2. The van der Waals surface area contributed by atoms with Crippen LogP contribution in [0.4, 0.5) is 11.9 Å². The number of nitrogens with zero attached hydrogens (tertiary/aromatic N) is 4. The smallest absolute Gasteiger partial charge is 0.322 e. The number of methoxy groups -OCH3 is 1. The van der Waals surface area contributed by atoms with E-state index in [-0.39, 0.29) is 12.0 Å². The lowest BCUT2D eigenvalue weighted by molar-refractivity contribution is 0.379. The number of rotatable bonds is 4. The average Bonchev–Trinajstić information content (AvgIpc) is 2.54. The van der Waals surface area contributed by atoms with Gasteiger partial charge in [-0.25, -0.2) is 0 Å². The van der Waals surface area contributed by atoms with Crippen molar-refractivity contribution in [2.75, 3.05) is 31.4 Å². The number of nitrogens with one attached hydrogen (secondary N) is 1. The normalized spacial score (nSPS) is 9.22. The first-order chi connectivity index (χ1) is 10.9. The van der Waals surface area contributed by atoms with E-state index >= 15 is 0 Å². The summed E-state index contributed by atoms with van der Waals surface area (Å²) < 4.78 is 25.5. The van der Waals surface area contributed by atoms with Crippen LogP contribution in [0, 0.1) is 6.92 Å². The van der Waals surface area contributed by atoms with Crippen molar-refractivity contribution in [2.45, 2.75) is 6.92 Å². The van der Waals surface area contributed by atoms with E-state index in [0.717, 1.165) is 5.49 Å². The van der Waals surface area contributed by atoms with Crippen LogP contribution in [0.1, 0.15) is 5.56 Å². The molecule has 0 bridgehead atoms. The zero-order valence-electron chi connectivity index (χ0n) is 13.4.